The Morgan fingerprint density at radius 3 is 2.32 bits per heavy atom. The zero-order chi connectivity index (χ0) is 30.1. The minimum absolute atomic E-state index is 0.158. The van der Waals surface area contributed by atoms with E-state index in [0.29, 0.717) is 17.9 Å². The quantitative estimate of drug-likeness (QED) is 0.307. The number of likely N-dealkylation sites (N-methyl/N-ethyl adjacent to an activating group) is 1. The van der Waals surface area contributed by atoms with E-state index in [1.807, 2.05) is 6.92 Å². The average Bonchev–Trinajstić information content (AvgIpc) is 3.78. The van der Waals surface area contributed by atoms with Crippen molar-refractivity contribution in [1.82, 2.24) is 15.5 Å². The van der Waals surface area contributed by atoms with Crippen LogP contribution in [0.5, 0.6) is 5.75 Å². The number of carbonyl (C=O) groups excluding carboxylic acids is 3. The molecular formula is C32H43F2N3O4. The van der Waals surface area contributed by atoms with Gasteiger partial charge in [0.1, 0.15) is 29.5 Å². The number of halogens is 2. The molecule has 0 spiro atoms. The maximum atomic E-state index is 13.9. The summed E-state index contributed by atoms with van der Waals surface area (Å²) in [6.07, 6.45) is 4.51. The van der Waals surface area contributed by atoms with E-state index in [2.05, 4.69) is 17.6 Å². The summed E-state index contributed by atoms with van der Waals surface area (Å²) in [5.74, 6) is -0.946. The van der Waals surface area contributed by atoms with Crippen LogP contribution in [-0.2, 0) is 27.2 Å². The number of ketones is 1. The predicted molar refractivity (Wildman–Crippen MR) is 155 cm³/mol. The topological polar surface area (TPSA) is 87.7 Å². The Kier molecular flexibility index (Phi) is 11.8. The van der Waals surface area contributed by atoms with E-state index in [9.17, 15) is 23.2 Å². The maximum Gasteiger partial charge on any atom is 0.243 e. The molecular weight excluding hydrogens is 528 g/mol. The largest absolute Gasteiger partial charge is 0.489 e. The van der Waals surface area contributed by atoms with E-state index in [1.54, 1.807) is 32.2 Å². The molecule has 0 radical (unpaired) electrons. The lowest BCUT2D eigenvalue weighted by Gasteiger charge is -2.30. The molecule has 2 amide bonds. The molecule has 41 heavy (non-hydrogen) atoms. The van der Waals surface area contributed by atoms with Crippen LogP contribution < -0.4 is 15.4 Å². The van der Waals surface area contributed by atoms with Crippen LogP contribution in [0.15, 0.2) is 42.5 Å². The molecule has 0 aromatic heterocycles. The number of nitrogens with zero attached hydrogens (tertiary/aromatic N) is 1. The number of carbonyl (C=O) groups is 3. The van der Waals surface area contributed by atoms with E-state index in [-0.39, 0.29) is 41.8 Å². The highest BCUT2D eigenvalue weighted by molar-refractivity contribution is 5.93. The molecule has 224 valence electrons. The van der Waals surface area contributed by atoms with Crippen LogP contribution in [-0.4, -0.2) is 60.3 Å². The molecule has 1 saturated carbocycles. The van der Waals surface area contributed by atoms with Crippen molar-refractivity contribution in [2.24, 2.45) is 5.92 Å². The number of hydrogen-bond donors (Lipinski definition) is 2. The number of benzene rings is 2. The highest BCUT2D eigenvalue weighted by Gasteiger charge is 2.39. The molecule has 0 unspecified atom stereocenters. The Morgan fingerprint density at radius 1 is 1.05 bits per heavy atom. The van der Waals surface area contributed by atoms with E-state index >= 15 is 0 Å². The van der Waals surface area contributed by atoms with Gasteiger partial charge in [-0.15, -0.1) is 0 Å². The van der Waals surface area contributed by atoms with Crippen molar-refractivity contribution >= 4 is 17.6 Å². The first-order valence-electron chi connectivity index (χ1n) is 14.5. The van der Waals surface area contributed by atoms with Gasteiger partial charge in [0.2, 0.25) is 11.8 Å². The Hall–Kier alpha value is -3.33. The third-order valence-corrected chi connectivity index (χ3v) is 7.61. The predicted octanol–water partition coefficient (Wildman–Crippen LogP) is 4.61. The van der Waals surface area contributed by atoms with Crippen molar-refractivity contribution in [3.63, 3.8) is 0 Å². The van der Waals surface area contributed by atoms with Gasteiger partial charge in [-0.05, 0) is 88.1 Å². The molecule has 1 aliphatic carbocycles. The van der Waals surface area contributed by atoms with E-state index < -0.39 is 24.0 Å². The molecule has 4 atom stereocenters. The lowest BCUT2D eigenvalue weighted by molar-refractivity contribution is -0.141. The zero-order valence-corrected chi connectivity index (χ0v) is 24.7. The highest BCUT2D eigenvalue weighted by Crippen LogP contribution is 2.33. The molecule has 0 saturated heterocycles. The summed E-state index contributed by atoms with van der Waals surface area (Å²) in [4.78, 5) is 40.2. The highest BCUT2D eigenvalue weighted by atomic mass is 19.1. The summed E-state index contributed by atoms with van der Waals surface area (Å²) in [5, 5.41) is 6.08. The number of Topliss-reactive ketones (excluding diaryl/α,β-unsaturated/α-hetero) is 1. The Labute approximate surface area is 242 Å². The number of amides is 2. The van der Waals surface area contributed by atoms with Gasteiger partial charge in [0.25, 0.3) is 0 Å². The Balaban J connectivity index is 1.58. The number of unbranched alkanes of at least 4 members (excludes halogenated alkanes) is 1. The van der Waals surface area contributed by atoms with Crippen LogP contribution in [0.25, 0.3) is 0 Å². The van der Waals surface area contributed by atoms with Gasteiger partial charge < -0.3 is 20.3 Å². The van der Waals surface area contributed by atoms with Gasteiger partial charge in [-0.3, -0.25) is 14.4 Å². The van der Waals surface area contributed by atoms with Crippen LogP contribution in [0.4, 0.5) is 8.78 Å². The van der Waals surface area contributed by atoms with E-state index in [0.717, 1.165) is 37.7 Å². The summed E-state index contributed by atoms with van der Waals surface area (Å²) in [7, 11) is 1.58. The Bertz CT molecular complexity index is 1190. The summed E-state index contributed by atoms with van der Waals surface area (Å²) < 4.78 is 33.3. The molecule has 1 aliphatic rings. The van der Waals surface area contributed by atoms with Crippen molar-refractivity contribution < 1.29 is 27.9 Å². The molecule has 0 bridgehead atoms. The smallest absolute Gasteiger partial charge is 0.243 e. The van der Waals surface area contributed by atoms with E-state index in [4.69, 9.17) is 4.74 Å². The number of ether oxygens (including phenoxy) is 1. The fraction of sp³-hybridized carbons (Fsp3) is 0.531. The second-order valence-electron chi connectivity index (χ2n) is 11.1. The lowest BCUT2D eigenvalue weighted by Crippen LogP contribution is -2.55. The maximum absolute atomic E-state index is 13.9. The van der Waals surface area contributed by atoms with Gasteiger partial charge in [-0.2, -0.15) is 0 Å². The fourth-order valence-electron chi connectivity index (χ4n) is 4.68. The lowest BCUT2D eigenvalue weighted by atomic mass is 10.0. The first kappa shape index (κ1) is 32.2. The summed E-state index contributed by atoms with van der Waals surface area (Å²) in [6.45, 7) is 7.36. The van der Waals surface area contributed by atoms with Crippen LogP contribution in [0.2, 0.25) is 0 Å². The Morgan fingerprint density at radius 2 is 1.71 bits per heavy atom. The van der Waals surface area contributed by atoms with E-state index in [1.165, 1.54) is 36.1 Å². The van der Waals surface area contributed by atoms with Crippen LogP contribution in [0, 0.1) is 17.6 Å². The molecule has 2 aromatic carbocycles. The van der Waals surface area contributed by atoms with Crippen LogP contribution in [0.1, 0.15) is 64.5 Å². The standard InChI is InChI=1S/C32H43F2N3O4/c1-6-7-8-24-13-16-27(34)18-29(24)41-20(2)19-35-30(25-11-12-25)32(40)37(5)21(3)31(39)36-28(22(4)38)17-23-9-14-26(33)15-10-23/h9-10,13-16,18,20-21,25,28,30,35H,6-8,11-12,17,19H2,1-5H3,(H,36,39)/t20-,21-,28-,30+/m1/s1. The summed E-state index contributed by atoms with van der Waals surface area (Å²) in [6, 6.07) is 8.28. The average molecular weight is 572 g/mol. The third-order valence-electron chi connectivity index (χ3n) is 7.61. The number of nitrogens with one attached hydrogen (secondary N) is 2. The molecule has 2 aromatic rings. The molecule has 0 aliphatic heterocycles. The second-order valence-corrected chi connectivity index (χ2v) is 11.1. The van der Waals surface area contributed by atoms with Gasteiger partial charge in [0.15, 0.2) is 5.78 Å². The molecule has 2 N–H and O–H groups in total. The van der Waals surface area contributed by atoms with Crippen LogP contribution >= 0.6 is 0 Å². The molecule has 0 heterocycles. The summed E-state index contributed by atoms with van der Waals surface area (Å²) >= 11 is 0. The van der Waals surface area contributed by atoms with Crippen molar-refractivity contribution in [2.75, 3.05) is 13.6 Å². The third kappa shape index (κ3) is 9.63. The van der Waals surface area contributed by atoms with Gasteiger partial charge >= 0.3 is 0 Å². The monoisotopic (exact) mass is 571 g/mol. The van der Waals surface area contributed by atoms with Crippen LogP contribution in [0.3, 0.4) is 0 Å². The van der Waals surface area contributed by atoms with Crippen molar-refractivity contribution in [2.45, 2.75) is 90.4 Å². The number of rotatable bonds is 16. The normalized spacial score (nSPS) is 15.9. The minimum Gasteiger partial charge on any atom is -0.489 e. The number of hydrogen-bond acceptors (Lipinski definition) is 5. The first-order chi connectivity index (χ1) is 19.5. The second kappa shape index (κ2) is 15.1. The summed E-state index contributed by atoms with van der Waals surface area (Å²) in [5.41, 5.74) is 1.67. The van der Waals surface area contributed by atoms with Gasteiger partial charge in [-0.25, -0.2) is 8.78 Å². The van der Waals surface area contributed by atoms with Crippen molar-refractivity contribution in [3.05, 3.63) is 65.2 Å². The minimum atomic E-state index is -0.817. The van der Waals surface area contributed by atoms with Gasteiger partial charge in [0, 0.05) is 19.7 Å². The zero-order valence-electron chi connectivity index (χ0n) is 24.7. The fourth-order valence-corrected chi connectivity index (χ4v) is 4.68. The number of aryl methyl sites for hydroxylation is 1. The molecule has 7 nitrogen and oxygen atoms in total. The first-order valence-corrected chi connectivity index (χ1v) is 14.5. The van der Waals surface area contributed by atoms with Gasteiger partial charge in [0.05, 0.1) is 12.1 Å². The SMILES string of the molecule is CCCCc1ccc(F)cc1O[C@H](C)CN[C@H](C(=O)N(C)[C@H](C)C(=O)N[C@H](Cc1ccc(F)cc1)C(C)=O)C1CC1. The molecule has 9 heteroatoms. The van der Waals surface area contributed by atoms with Crippen molar-refractivity contribution in [3.8, 4) is 5.75 Å². The van der Waals surface area contributed by atoms with Crippen molar-refractivity contribution in [1.29, 1.82) is 0 Å². The molecule has 3 rings (SSSR count). The van der Waals surface area contributed by atoms with Gasteiger partial charge in [-0.1, -0.05) is 31.5 Å². The molecule has 1 fully saturated rings.